The average Bonchev–Trinajstić information content (AvgIpc) is 2.22. The van der Waals surface area contributed by atoms with Crippen molar-refractivity contribution in [2.24, 2.45) is 0 Å². The molecule has 3 heteroatoms. The minimum Gasteiger partial charge on any atom is -0.313 e. The predicted octanol–water partition coefficient (Wildman–Crippen LogP) is 1.69. The van der Waals surface area contributed by atoms with Gasteiger partial charge in [0.1, 0.15) is 11.6 Å². The van der Waals surface area contributed by atoms with Gasteiger partial charge < -0.3 is 5.32 Å². The fraction of sp³-hybridized carbons (Fsp3) is 0.417. The van der Waals surface area contributed by atoms with E-state index in [1.54, 1.807) is 12.1 Å². The third-order valence-electron chi connectivity index (χ3n) is 2.71. The molecular weight excluding hydrogens is 193 g/mol. The summed E-state index contributed by atoms with van der Waals surface area (Å²) in [4.78, 5) is 11.2. The molecule has 1 aromatic rings. The van der Waals surface area contributed by atoms with E-state index in [9.17, 15) is 9.18 Å². The van der Waals surface area contributed by atoms with E-state index >= 15 is 0 Å². The second-order valence-corrected chi connectivity index (χ2v) is 3.97. The lowest BCUT2D eigenvalue weighted by molar-refractivity contribution is -0.120. The molecule has 0 radical (unpaired) electrons. The molecule has 0 aliphatic carbocycles. The summed E-state index contributed by atoms with van der Waals surface area (Å²) in [7, 11) is 0. The fourth-order valence-electron chi connectivity index (χ4n) is 1.91. The zero-order valence-corrected chi connectivity index (χ0v) is 8.50. The summed E-state index contributed by atoms with van der Waals surface area (Å²) < 4.78 is 12.7. The number of ketones is 1. The number of hydrogen-bond acceptors (Lipinski definition) is 2. The highest BCUT2D eigenvalue weighted by atomic mass is 19.1. The van der Waals surface area contributed by atoms with Gasteiger partial charge in [-0.25, -0.2) is 4.39 Å². The topological polar surface area (TPSA) is 29.1 Å². The maximum absolute atomic E-state index is 12.7. The summed E-state index contributed by atoms with van der Waals surface area (Å²) >= 11 is 0. The Hall–Kier alpha value is -1.22. The van der Waals surface area contributed by atoms with Crippen LogP contribution in [0.3, 0.4) is 0 Å². The molecule has 0 bridgehead atoms. The van der Waals surface area contributed by atoms with Crippen molar-refractivity contribution in [2.45, 2.75) is 25.3 Å². The van der Waals surface area contributed by atoms with Crippen molar-refractivity contribution in [1.29, 1.82) is 0 Å². The van der Waals surface area contributed by atoms with Crippen molar-refractivity contribution in [3.63, 3.8) is 0 Å². The standard InChI is InChI=1S/C12H14FNO/c13-10-3-1-9(2-4-10)7-11-8-12(15)5-6-14-11/h1-4,11,14H,5-8H2. The highest BCUT2D eigenvalue weighted by Gasteiger charge is 2.18. The maximum Gasteiger partial charge on any atom is 0.135 e. The molecule has 0 amide bonds. The molecule has 15 heavy (non-hydrogen) atoms. The van der Waals surface area contributed by atoms with Crippen LogP contribution in [0.5, 0.6) is 0 Å². The van der Waals surface area contributed by atoms with E-state index in [-0.39, 0.29) is 11.9 Å². The van der Waals surface area contributed by atoms with Crippen LogP contribution in [0.25, 0.3) is 0 Å². The number of nitrogens with one attached hydrogen (secondary N) is 1. The van der Waals surface area contributed by atoms with Crippen LogP contribution >= 0.6 is 0 Å². The lowest BCUT2D eigenvalue weighted by atomic mass is 9.97. The molecule has 1 atom stereocenters. The van der Waals surface area contributed by atoms with Gasteiger partial charge in [0.05, 0.1) is 0 Å². The van der Waals surface area contributed by atoms with Gasteiger partial charge in [-0.3, -0.25) is 4.79 Å². The van der Waals surface area contributed by atoms with E-state index < -0.39 is 0 Å². The van der Waals surface area contributed by atoms with Crippen LogP contribution in [0.4, 0.5) is 4.39 Å². The minimum absolute atomic E-state index is 0.216. The van der Waals surface area contributed by atoms with E-state index in [1.165, 1.54) is 12.1 Å². The van der Waals surface area contributed by atoms with Gasteiger partial charge in [0.15, 0.2) is 0 Å². The number of Topliss-reactive ketones (excluding diaryl/α,β-unsaturated/α-hetero) is 1. The van der Waals surface area contributed by atoms with Crippen LogP contribution in [0, 0.1) is 5.82 Å². The maximum atomic E-state index is 12.7. The molecule has 1 saturated heterocycles. The second-order valence-electron chi connectivity index (χ2n) is 3.97. The minimum atomic E-state index is -0.216. The van der Waals surface area contributed by atoms with Crippen molar-refractivity contribution in [3.8, 4) is 0 Å². The van der Waals surface area contributed by atoms with Gasteiger partial charge in [-0.2, -0.15) is 0 Å². The van der Waals surface area contributed by atoms with Gasteiger partial charge in [-0.15, -0.1) is 0 Å². The number of benzene rings is 1. The quantitative estimate of drug-likeness (QED) is 0.799. The summed E-state index contributed by atoms with van der Waals surface area (Å²) in [5.41, 5.74) is 1.07. The molecule has 0 saturated carbocycles. The van der Waals surface area contributed by atoms with Gasteiger partial charge >= 0.3 is 0 Å². The fourth-order valence-corrected chi connectivity index (χ4v) is 1.91. The summed E-state index contributed by atoms with van der Waals surface area (Å²) in [6, 6.07) is 6.68. The molecule has 1 aliphatic heterocycles. The Bertz CT molecular complexity index is 347. The van der Waals surface area contributed by atoms with Crippen molar-refractivity contribution < 1.29 is 9.18 Å². The van der Waals surface area contributed by atoms with Crippen molar-refractivity contribution in [3.05, 3.63) is 35.6 Å². The Balaban J connectivity index is 1.96. The molecule has 1 fully saturated rings. The molecule has 2 rings (SSSR count). The SMILES string of the molecule is O=C1CCNC(Cc2ccc(F)cc2)C1. The molecule has 0 spiro atoms. The number of halogens is 1. The molecule has 1 N–H and O–H groups in total. The van der Waals surface area contributed by atoms with Crippen LogP contribution < -0.4 is 5.32 Å². The van der Waals surface area contributed by atoms with Gasteiger partial charge in [0.25, 0.3) is 0 Å². The Kier molecular flexibility index (Phi) is 3.11. The van der Waals surface area contributed by atoms with Crippen molar-refractivity contribution >= 4 is 5.78 Å². The summed E-state index contributed by atoms with van der Waals surface area (Å²) in [6.07, 6.45) is 2.03. The number of hydrogen-bond donors (Lipinski definition) is 1. The Morgan fingerprint density at radius 1 is 1.33 bits per heavy atom. The van der Waals surface area contributed by atoms with Gasteiger partial charge in [0, 0.05) is 25.4 Å². The van der Waals surface area contributed by atoms with Crippen LogP contribution in [-0.4, -0.2) is 18.4 Å². The first kappa shape index (κ1) is 10.3. The van der Waals surface area contributed by atoms with Gasteiger partial charge in [-0.05, 0) is 24.1 Å². The molecule has 0 aromatic heterocycles. The van der Waals surface area contributed by atoms with Crippen molar-refractivity contribution in [1.82, 2.24) is 5.32 Å². The molecule has 1 aliphatic rings. The zero-order chi connectivity index (χ0) is 10.7. The number of carbonyl (C=O) groups is 1. The highest BCUT2D eigenvalue weighted by Crippen LogP contribution is 2.11. The first-order chi connectivity index (χ1) is 7.24. The lowest BCUT2D eigenvalue weighted by Gasteiger charge is -2.22. The summed E-state index contributed by atoms with van der Waals surface area (Å²) in [5, 5.41) is 3.30. The molecule has 1 unspecified atom stereocenters. The molecule has 1 aromatic carbocycles. The summed E-state index contributed by atoms with van der Waals surface area (Å²) in [6.45, 7) is 0.769. The molecule has 2 nitrogen and oxygen atoms in total. The monoisotopic (exact) mass is 207 g/mol. The average molecular weight is 207 g/mol. The largest absolute Gasteiger partial charge is 0.313 e. The third-order valence-corrected chi connectivity index (χ3v) is 2.71. The van der Waals surface area contributed by atoms with Crippen LogP contribution in [0.1, 0.15) is 18.4 Å². The van der Waals surface area contributed by atoms with Gasteiger partial charge in [0.2, 0.25) is 0 Å². The zero-order valence-electron chi connectivity index (χ0n) is 8.50. The predicted molar refractivity (Wildman–Crippen MR) is 56.1 cm³/mol. The Morgan fingerprint density at radius 2 is 2.07 bits per heavy atom. The van der Waals surface area contributed by atoms with Crippen LogP contribution in [0.15, 0.2) is 24.3 Å². The van der Waals surface area contributed by atoms with Crippen LogP contribution in [-0.2, 0) is 11.2 Å². The number of carbonyl (C=O) groups excluding carboxylic acids is 1. The normalized spacial score (nSPS) is 21.7. The molecule has 1 heterocycles. The smallest absolute Gasteiger partial charge is 0.135 e. The first-order valence-electron chi connectivity index (χ1n) is 5.23. The second kappa shape index (κ2) is 4.53. The summed E-state index contributed by atoms with van der Waals surface area (Å²) in [5.74, 6) is 0.104. The van der Waals surface area contributed by atoms with Gasteiger partial charge in [-0.1, -0.05) is 12.1 Å². The molecule has 80 valence electrons. The van der Waals surface area contributed by atoms with Crippen LogP contribution in [0.2, 0.25) is 0 Å². The molecular formula is C12H14FNO. The van der Waals surface area contributed by atoms with E-state index in [2.05, 4.69) is 5.32 Å². The first-order valence-corrected chi connectivity index (χ1v) is 5.23. The number of rotatable bonds is 2. The van der Waals surface area contributed by atoms with E-state index in [0.29, 0.717) is 18.6 Å². The third kappa shape index (κ3) is 2.86. The van der Waals surface area contributed by atoms with E-state index in [1.807, 2.05) is 0 Å². The van der Waals surface area contributed by atoms with E-state index in [0.717, 1.165) is 18.5 Å². The Labute approximate surface area is 88.5 Å². The van der Waals surface area contributed by atoms with E-state index in [4.69, 9.17) is 0 Å². The lowest BCUT2D eigenvalue weighted by Crippen LogP contribution is -2.39. The van der Waals surface area contributed by atoms with Crippen molar-refractivity contribution in [2.75, 3.05) is 6.54 Å². The highest BCUT2D eigenvalue weighted by molar-refractivity contribution is 5.80. The number of piperidine rings is 1. The Morgan fingerprint density at radius 3 is 2.73 bits per heavy atom.